The second-order valence-corrected chi connectivity index (χ2v) is 21.8. The van der Waals surface area contributed by atoms with Crippen LogP contribution < -0.4 is 31.9 Å². The lowest BCUT2D eigenvalue weighted by atomic mass is 10.0. The van der Waals surface area contributed by atoms with Gasteiger partial charge in [-0.25, -0.2) is 28.8 Å². The first-order chi connectivity index (χ1) is 35.3. The van der Waals surface area contributed by atoms with Gasteiger partial charge in [0.2, 0.25) is 5.91 Å². The molecule has 0 saturated heterocycles. The zero-order chi connectivity index (χ0) is 60.3. The molecule has 0 aliphatic carbocycles. The molecule has 8 N–H and O–H groups in total. The van der Waals surface area contributed by atoms with Crippen molar-refractivity contribution in [2.24, 2.45) is 47.3 Å². The summed E-state index contributed by atoms with van der Waals surface area (Å²) in [6.07, 6.45) is -8.95. The van der Waals surface area contributed by atoms with Crippen molar-refractivity contribution in [3.63, 3.8) is 0 Å². The van der Waals surface area contributed by atoms with Crippen LogP contribution in [-0.4, -0.2) is 154 Å². The van der Waals surface area contributed by atoms with E-state index in [1.165, 1.54) is 27.7 Å². The summed E-state index contributed by atoms with van der Waals surface area (Å²) in [6, 6.07) is -7.99. The summed E-state index contributed by atoms with van der Waals surface area (Å²) >= 11 is 0. The van der Waals surface area contributed by atoms with Crippen molar-refractivity contribution in [3.05, 3.63) is 0 Å². The number of esters is 5. The third-order valence-electron chi connectivity index (χ3n) is 11.9. The van der Waals surface area contributed by atoms with E-state index in [0.29, 0.717) is 0 Å². The molecule has 25 heteroatoms. The van der Waals surface area contributed by atoms with Gasteiger partial charge in [-0.2, -0.15) is 0 Å². The Morgan fingerprint density at radius 2 is 0.468 bits per heavy atom. The fourth-order valence-corrected chi connectivity index (χ4v) is 6.84. The molecule has 0 radical (unpaired) electrons. The van der Waals surface area contributed by atoms with Crippen LogP contribution in [0.3, 0.4) is 0 Å². The first-order valence-corrected chi connectivity index (χ1v) is 26.0. The molecule has 0 aromatic heterocycles. The average Bonchev–Trinajstić information content (AvgIpc) is 3.30. The number of carbonyl (C=O) groups excluding carboxylic acids is 11. The van der Waals surface area contributed by atoms with Crippen LogP contribution in [0.5, 0.6) is 0 Å². The molecule has 0 spiro atoms. The molecule has 440 valence electrons. The molecular formula is C52H88N6O19. The molecule has 6 amide bonds. The van der Waals surface area contributed by atoms with Crippen molar-refractivity contribution in [1.29, 1.82) is 0 Å². The van der Waals surface area contributed by atoms with Crippen LogP contribution in [0.2, 0.25) is 0 Å². The third kappa shape index (κ3) is 23.0. The Kier molecular flexibility index (Phi) is 29.7. The van der Waals surface area contributed by atoms with E-state index in [1.807, 2.05) is 0 Å². The molecule has 0 unspecified atom stereocenters. The molecule has 0 heterocycles. The number of amides is 6. The van der Waals surface area contributed by atoms with Gasteiger partial charge < -0.3 is 65.8 Å². The number of ether oxygens (including phenoxy) is 5. The number of hydrogen-bond acceptors (Lipinski definition) is 18. The van der Waals surface area contributed by atoms with Gasteiger partial charge in [0.1, 0.15) is 42.4 Å². The maximum Gasteiger partial charge on any atom is 0.329 e. The van der Waals surface area contributed by atoms with Crippen LogP contribution in [0.25, 0.3) is 0 Å². The molecular weight excluding hydrogens is 1010 g/mol. The molecule has 0 saturated carbocycles. The topological polar surface area (TPSA) is 364 Å². The lowest BCUT2D eigenvalue weighted by Crippen LogP contribution is -2.55. The van der Waals surface area contributed by atoms with E-state index < -0.39 is 191 Å². The lowest BCUT2D eigenvalue weighted by molar-refractivity contribution is -0.166. The predicted molar refractivity (Wildman–Crippen MR) is 276 cm³/mol. The van der Waals surface area contributed by atoms with Gasteiger partial charge in [0.15, 0.2) is 30.5 Å². The van der Waals surface area contributed by atoms with Gasteiger partial charge in [-0.05, 0) is 75.0 Å². The van der Waals surface area contributed by atoms with E-state index >= 15 is 0 Å². The average molecular weight is 1100 g/mol. The Labute approximate surface area is 452 Å². The Balaban J connectivity index is 6.06. The van der Waals surface area contributed by atoms with E-state index in [2.05, 4.69) is 31.9 Å². The fourth-order valence-electron chi connectivity index (χ4n) is 6.84. The van der Waals surface area contributed by atoms with Crippen LogP contribution in [0, 0.1) is 47.3 Å². The number of hydrogen-bond donors (Lipinski definition) is 8. The number of carboxylic acids is 1. The smallest absolute Gasteiger partial charge is 0.329 e. The molecule has 25 nitrogen and oxygen atoms in total. The SMILES string of the molecule is CC(C)[C@H](NC(=O)[C@H](C)OC(=O)[C@H](NC(=O)[C@H](OC(=O)[C@@H](NC(=O)[C@H](C)OC(=O)[C@H](NC(=O)[C@H](OC(=O)[C@@H](NC(=O)[C@H](C)OC(=O)[C@@H](NC(=O)[C@H](C)O)C(C)C)C(C)C)C(C)C)C(C)C)C(C)C)C(C)C)C(C)C)C(=O)O. The molecule has 0 aliphatic heterocycles. The van der Waals surface area contributed by atoms with E-state index in [0.717, 1.165) is 0 Å². The van der Waals surface area contributed by atoms with Crippen molar-refractivity contribution < 1.29 is 91.4 Å². The van der Waals surface area contributed by atoms with Gasteiger partial charge in [-0.3, -0.25) is 28.8 Å². The highest BCUT2D eigenvalue weighted by Crippen LogP contribution is 2.18. The van der Waals surface area contributed by atoms with Gasteiger partial charge in [0, 0.05) is 0 Å². The Morgan fingerprint density at radius 3 is 0.662 bits per heavy atom. The standard InChI is InChI=1S/C52H88N6O19/c1-21(2)33(47(66)67)53-42(61)30(18)73-49(69)35(23(5)6)57-45(64)39(27(13)14)76-52(72)38(26(11)12)56-44(63)32(20)75-50(70)36(24(7)8)58-46(65)40(28(15)16)77-51(71)37(25(9)10)55-43(62)31(19)74-48(68)34(22(3)4)54-41(60)29(17)59/h21-40,59H,1-20H3,(H,53,61)(H,54,60)(H,55,62)(H,56,63)(H,57,64)(H,58,65)(H,66,67)/t29-,30-,31-,32-,33-,34-,35+,36+,37-,38-,39+,40+/m0/s1. The summed E-state index contributed by atoms with van der Waals surface area (Å²) in [5.41, 5.74) is 0. The quantitative estimate of drug-likeness (QED) is 0.0357. The minimum Gasteiger partial charge on any atom is -0.480 e. The maximum absolute atomic E-state index is 13.8. The number of aliphatic hydroxyl groups excluding tert-OH is 1. The van der Waals surface area contributed by atoms with Crippen LogP contribution in [0.1, 0.15) is 138 Å². The van der Waals surface area contributed by atoms with E-state index in [-0.39, 0.29) is 0 Å². The largest absolute Gasteiger partial charge is 0.480 e. The van der Waals surface area contributed by atoms with Crippen molar-refractivity contribution in [3.8, 4) is 0 Å². The highest BCUT2D eigenvalue weighted by atomic mass is 16.6. The monoisotopic (exact) mass is 1100 g/mol. The van der Waals surface area contributed by atoms with Crippen LogP contribution >= 0.6 is 0 Å². The molecule has 12 atom stereocenters. The molecule has 0 aromatic carbocycles. The van der Waals surface area contributed by atoms with Crippen molar-refractivity contribution in [2.75, 3.05) is 0 Å². The van der Waals surface area contributed by atoms with E-state index in [1.54, 1.807) is 111 Å². The summed E-state index contributed by atoms with van der Waals surface area (Å²) in [5.74, 6) is -16.7. The third-order valence-corrected chi connectivity index (χ3v) is 11.9. The van der Waals surface area contributed by atoms with E-state index in [9.17, 15) is 67.7 Å². The number of nitrogens with one attached hydrogen (secondary N) is 6. The first kappa shape index (κ1) is 70.6. The van der Waals surface area contributed by atoms with Gasteiger partial charge in [-0.1, -0.05) is 111 Å². The Morgan fingerprint density at radius 1 is 0.273 bits per heavy atom. The number of aliphatic carboxylic acids is 1. The van der Waals surface area contributed by atoms with Gasteiger partial charge in [0.25, 0.3) is 29.5 Å². The highest BCUT2D eigenvalue weighted by Gasteiger charge is 2.40. The zero-order valence-electron chi connectivity index (χ0n) is 48.4. The highest BCUT2D eigenvalue weighted by molar-refractivity contribution is 5.95. The molecule has 0 aliphatic rings. The fraction of sp³-hybridized carbons (Fsp3) is 0.769. The summed E-state index contributed by atoms with van der Waals surface area (Å²) in [5, 5.41) is 33.7. The second kappa shape index (κ2) is 32.4. The predicted octanol–water partition coefficient (Wildman–Crippen LogP) is 1.23. The lowest BCUT2D eigenvalue weighted by Gasteiger charge is -2.30. The van der Waals surface area contributed by atoms with Gasteiger partial charge in [0.05, 0.1) is 0 Å². The molecule has 0 bridgehead atoms. The number of carboxylic acid groups (broad SMARTS) is 1. The number of aliphatic hydroxyl groups is 1. The molecule has 0 fully saturated rings. The van der Waals surface area contributed by atoms with Crippen molar-refractivity contribution in [2.45, 2.75) is 211 Å². The second-order valence-electron chi connectivity index (χ2n) is 21.8. The number of carbonyl (C=O) groups is 12. The summed E-state index contributed by atoms with van der Waals surface area (Å²) in [4.78, 5) is 158. The molecule has 0 rings (SSSR count). The zero-order valence-corrected chi connectivity index (χ0v) is 48.4. The minimum atomic E-state index is -1.57. The summed E-state index contributed by atoms with van der Waals surface area (Å²) in [7, 11) is 0. The van der Waals surface area contributed by atoms with E-state index in [4.69, 9.17) is 23.7 Å². The Bertz CT molecular complexity index is 2070. The van der Waals surface area contributed by atoms with Crippen LogP contribution in [0.4, 0.5) is 0 Å². The maximum atomic E-state index is 13.8. The van der Waals surface area contributed by atoms with Crippen molar-refractivity contribution >= 4 is 71.3 Å². The molecule has 0 aromatic rings. The first-order valence-electron chi connectivity index (χ1n) is 26.0. The van der Waals surface area contributed by atoms with Crippen LogP contribution in [0.15, 0.2) is 0 Å². The van der Waals surface area contributed by atoms with Gasteiger partial charge >= 0.3 is 35.8 Å². The Hall–Kier alpha value is -6.40. The summed E-state index contributed by atoms with van der Waals surface area (Å²) < 4.78 is 27.3. The number of rotatable bonds is 31. The van der Waals surface area contributed by atoms with Crippen molar-refractivity contribution in [1.82, 2.24) is 31.9 Å². The minimum absolute atomic E-state index is 0.483. The molecule has 77 heavy (non-hydrogen) atoms. The normalized spacial score (nSPS) is 16.3. The summed E-state index contributed by atoms with van der Waals surface area (Å²) in [6.45, 7) is 30.1. The van der Waals surface area contributed by atoms with Crippen LogP contribution in [-0.2, 0) is 81.2 Å². The van der Waals surface area contributed by atoms with Gasteiger partial charge in [-0.15, -0.1) is 0 Å².